The average Bonchev–Trinajstić information content (AvgIpc) is 2.28. The molecule has 0 aliphatic heterocycles. The normalized spacial score (nSPS) is 14.1. The molecule has 17 heavy (non-hydrogen) atoms. The summed E-state index contributed by atoms with van der Waals surface area (Å²) in [5.41, 5.74) is 6.62. The topological polar surface area (TPSA) is 66.6 Å². The lowest BCUT2D eigenvalue weighted by molar-refractivity contribution is -0.134. The zero-order chi connectivity index (χ0) is 12.8. The van der Waals surface area contributed by atoms with Gasteiger partial charge in [-0.3, -0.25) is 4.79 Å². The highest BCUT2D eigenvalue weighted by Crippen LogP contribution is 2.06. The minimum Gasteiger partial charge on any atom is -0.392 e. The zero-order valence-corrected chi connectivity index (χ0v) is 10.3. The maximum Gasteiger partial charge on any atom is 0.239 e. The van der Waals surface area contributed by atoms with Crippen LogP contribution in [0.25, 0.3) is 0 Å². The van der Waals surface area contributed by atoms with Crippen molar-refractivity contribution in [2.75, 3.05) is 6.54 Å². The molecule has 0 fully saturated rings. The first-order chi connectivity index (χ1) is 8.00. The van der Waals surface area contributed by atoms with Gasteiger partial charge in [0.05, 0.1) is 12.1 Å². The number of amides is 1. The van der Waals surface area contributed by atoms with E-state index < -0.39 is 12.1 Å². The van der Waals surface area contributed by atoms with Gasteiger partial charge in [-0.2, -0.15) is 0 Å². The van der Waals surface area contributed by atoms with E-state index in [0.717, 1.165) is 5.56 Å². The van der Waals surface area contributed by atoms with Crippen LogP contribution in [-0.4, -0.2) is 34.6 Å². The first kappa shape index (κ1) is 13.7. The summed E-state index contributed by atoms with van der Waals surface area (Å²) < 4.78 is 0. The van der Waals surface area contributed by atoms with Crippen molar-refractivity contribution in [1.29, 1.82) is 0 Å². The third-order valence-electron chi connectivity index (χ3n) is 2.40. The Morgan fingerprint density at radius 2 is 1.94 bits per heavy atom. The predicted octanol–water partition coefficient (Wildman–Crippen LogP) is 0.743. The van der Waals surface area contributed by atoms with Gasteiger partial charge in [0, 0.05) is 13.1 Å². The van der Waals surface area contributed by atoms with E-state index in [1.54, 1.807) is 18.7 Å². The highest BCUT2D eigenvalue weighted by atomic mass is 16.3. The van der Waals surface area contributed by atoms with Gasteiger partial charge in [-0.15, -0.1) is 0 Å². The first-order valence-corrected chi connectivity index (χ1v) is 5.77. The van der Waals surface area contributed by atoms with Crippen molar-refractivity contribution in [2.24, 2.45) is 5.73 Å². The molecule has 0 aliphatic carbocycles. The number of nitrogens with two attached hydrogens (primary N) is 1. The molecule has 1 amide bonds. The molecule has 1 rings (SSSR count). The standard InChI is InChI=1S/C13H20N2O2/c1-10(16)8-15(13(17)11(2)14)9-12-6-4-3-5-7-12/h3-7,10-11,16H,8-9,14H2,1-2H3/t10-,11?/m1/s1. The van der Waals surface area contributed by atoms with E-state index in [0.29, 0.717) is 13.1 Å². The molecule has 0 saturated carbocycles. The minimum absolute atomic E-state index is 0.144. The van der Waals surface area contributed by atoms with Crippen molar-refractivity contribution in [3.8, 4) is 0 Å². The van der Waals surface area contributed by atoms with Crippen molar-refractivity contribution >= 4 is 5.91 Å². The number of rotatable bonds is 5. The highest BCUT2D eigenvalue weighted by molar-refractivity contribution is 5.81. The Labute approximate surface area is 102 Å². The van der Waals surface area contributed by atoms with Crippen LogP contribution in [0.2, 0.25) is 0 Å². The van der Waals surface area contributed by atoms with Gasteiger partial charge in [-0.05, 0) is 19.4 Å². The van der Waals surface area contributed by atoms with Crippen LogP contribution in [0.3, 0.4) is 0 Å². The van der Waals surface area contributed by atoms with Crippen LogP contribution in [0.5, 0.6) is 0 Å². The number of carbonyl (C=O) groups is 1. The summed E-state index contributed by atoms with van der Waals surface area (Å²) >= 11 is 0. The van der Waals surface area contributed by atoms with E-state index >= 15 is 0 Å². The lowest BCUT2D eigenvalue weighted by Crippen LogP contribution is -2.44. The second-order valence-corrected chi connectivity index (χ2v) is 4.34. The molecule has 1 aromatic rings. The molecular weight excluding hydrogens is 216 g/mol. The Bertz CT molecular complexity index is 350. The number of nitrogens with zero attached hydrogens (tertiary/aromatic N) is 1. The number of hydrogen-bond donors (Lipinski definition) is 2. The molecule has 0 aliphatic rings. The Balaban J connectivity index is 2.74. The quantitative estimate of drug-likeness (QED) is 0.792. The Morgan fingerprint density at radius 3 is 2.41 bits per heavy atom. The molecular formula is C13H20N2O2. The number of aliphatic hydroxyl groups excluding tert-OH is 1. The van der Waals surface area contributed by atoms with Crippen LogP contribution in [0.15, 0.2) is 30.3 Å². The first-order valence-electron chi connectivity index (χ1n) is 5.77. The highest BCUT2D eigenvalue weighted by Gasteiger charge is 2.18. The maximum absolute atomic E-state index is 11.9. The molecule has 1 aromatic carbocycles. The Hall–Kier alpha value is -1.39. The van der Waals surface area contributed by atoms with E-state index in [1.165, 1.54) is 0 Å². The van der Waals surface area contributed by atoms with Gasteiger partial charge in [0.15, 0.2) is 0 Å². The minimum atomic E-state index is -0.554. The van der Waals surface area contributed by atoms with E-state index in [2.05, 4.69) is 0 Å². The van der Waals surface area contributed by atoms with E-state index in [-0.39, 0.29) is 5.91 Å². The van der Waals surface area contributed by atoms with Gasteiger partial charge in [0.2, 0.25) is 5.91 Å². The molecule has 0 spiro atoms. The zero-order valence-electron chi connectivity index (χ0n) is 10.3. The van der Waals surface area contributed by atoms with E-state index in [4.69, 9.17) is 5.73 Å². The van der Waals surface area contributed by atoms with Crippen LogP contribution >= 0.6 is 0 Å². The van der Waals surface area contributed by atoms with Crippen LogP contribution < -0.4 is 5.73 Å². The Morgan fingerprint density at radius 1 is 1.35 bits per heavy atom. The monoisotopic (exact) mass is 236 g/mol. The molecule has 1 unspecified atom stereocenters. The lowest BCUT2D eigenvalue weighted by atomic mass is 10.2. The molecule has 2 atom stereocenters. The molecule has 94 valence electrons. The van der Waals surface area contributed by atoms with E-state index in [9.17, 15) is 9.90 Å². The second kappa shape index (κ2) is 6.37. The summed E-state index contributed by atoms with van der Waals surface area (Å²) in [5.74, 6) is -0.144. The van der Waals surface area contributed by atoms with Crippen LogP contribution in [-0.2, 0) is 11.3 Å². The largest absolute Gasteiger partial charge is 0.392 e. The van der Waals surface area contributed by atoms with Gasteiger partial charge in [0.1, 0.15) is 0 Å². The van der Waals surface area contributed by atoms with Crippen molar-refractivity contribution < 1.29 is 9.90 Å². The summed E-state index contributed by atoms with van der Waals surface area (Å²) in [7, 11) is 0. The molecule has 0 aromatic heterocycles. The van der Waals surface area contributed by atoms with Crippen molar-refractivity contribution in [3.05, 3.63) is 35.9 Å². The predicted molar refractivity (Wildman–Crippen MR) is 67.2 cm³/mol. The molecule has 0 heterocycles. The summed E-state index contributed by atoms with van der Waals surface area (Å²) in [4.78, 5) is 13.5. The molecule has 4 heteroatoms. The summed E-state index contributed by atoms with van der Waals surface area (Å²) in [6, 6.07) is 9.12. The number of benzene rings is 1. The lowest BCUT2D eigenvalue weighted by Gasteiger charge is -2.25. The molecule has 3 N–H and O–H groups in total. The molecule has 0 radical (unpaired) electrons. The summed E-state index contributed by atoms with van der Waals surface area (Å²) in [5, 5.41) is 9.40. The number of hydrogen-bond acceptors (Lipinski definition) is 3. The summed E-state index contributed by atoms with van der Waals surface area (Å²) in [6.45, 7) is 4.09. The van der Waals surface area contributed by atoms with Gasteiger partial charge >= 0.3 is 0 Å². The molecule has 0 bridgehead atoms. The molecule has 4 nitrogen and oxygen atoms in total. The van der Waals surface area contributed by atoms with Crippen molar-refractivity contribution in [3.63, 3.8) is 0 Å². The van der Waals surface area contributed by atoms with E-state index in [1.807, 2.05) is 30.3 Å². The molecule has 0 saturated heterocycles. The third kappa shape index (κ3) is 4.54. The van der Waals surface area contributed by atoms with Gasteiger partial charge in [-0.1, -0.05) is 30.3 Å². The fourth-order valence-corrected chi connectivity index (χ4v) is 1.64. The maximum atomic E-state index is 11.9. The van der Waals surface area contributed by atoms with Crippen LogP contribution in [0, 0.1) is 0 Å². The van der Waals surface area contributed by atoms with Gasteiger partial charge in [-0.25, -0.2) is 0 Å². The van der Waals surface area contributed by atoms with Crippen molar-refractivity contribution in [1.82, 2.24) is 4.90 Å². The van der Waals surface area contributed by atoms with Gasteiger partial charge < -0.3 is 15.7 Å². The summed E-state index contributed by atoms with van der Waals surface area (Å²) in [6.07, 6.45) is -0.554. The SMILES string of the molecule is CC(N)C(=O)N(Cc1ccccc1)C[C@@H](C)O. The van der Waals surface area contributed by atoms with Crippen molar-refractivity contribution in [2.45, 2.75) is 32.5 Å². The average molecular weight is 236 g/mol. The van der Waals surface area contributed by atoms with Crippen LogP contribution in [0.1, 0.15) is 19.4 Å². The van der Waals surface area contributed by atoms with Gasteiger partial charge in [0.25, 0.3) is 0 Å². The second-order valence-electron chi connectivity index (χ2n) is 4.34. The smallest absolute Gasteiger partial charge is 0.239 e. The Kier molecular flexibility index (Phi) is 5.12. The third-order valence-corrected chi connectivity index (χ3v) is 2.40. The number of aliphatic hydroxyl groups is 1. The number of carbonyl (C=O) groups excluding carboxylic acids is 1. The van der Waals surface area contributed by atoms with Crippen LogP contribution in [0.4, 0.5) is 0 Å². The fraction of sp³-hybridized carbons (Fsp3) is 0.462. The fourth-order valence-electron chi connectivity index (χ4n) is 1.64.